The normalized spacial score (nSPS) is 14.6. The number of hydrogen-bond donors (Lipinski definition) is 3. The summed E-state index contributed by atoms with van der Waals surface area (Å²) in [5.41, 5.74) is 7.20. The van der Waals surface area contributed by atoms with Crippen LogP contribution in [0.5, 0.6) is 0 Å². The first kappa shape index (κ1) is 30.3. The number of primary amides is 1. The van der Waals surface area contributed by atoms with Gasteiger partial charge in [0.05, 0.1) is 42.3 Å². The molecule has 1 saturated heterocycles. The van der Waals surface area contributed by atoms with Crippen LogP contribution < -0.4 is 15.4 Å². The molecular formula is C28H27Cl2N5O5S. The van der Waals surface area contributed by atoms with Crippen molar-refractivity contribution in [3.05, 3.63) is 99.0 Å². The number of aliphatic hydroxyl groups is 1. The molecule has 1 aliphatic heterocycles. The van der Waals surface area contributed by atoms with Gasteiger partial charge in [-0.2, -0.15) is 5.26 Å². The van der Waals surface area contributed by atoms with Crippen LogP contribution in [0.4, 0.5) is 5.69 Å². The largest absolute Gasteiger partial charge is 0.394 e. The van der Waals surface area contributed by atoms with Crippen molar-refractivity contribution in [2.75, 3.05) is 30.3 Å². The first-order valence-electron chi connectivity index (χ1n) is 12.4. The number of halogens is 2. The van der Waals surface area contributed by atoms with Gasteiger partial charge < -0.3 is 16.2 Å². The smallest absolute Gasteiger partial charge is 0.252 e. The maximum Gasteiger partial charge on any atom is 0.252 e. The minimum Gasteiger partial charge on any atom is -0.394 e. The number of nitrogens with two attached hydrogens (primary N) is 1. The molecule has 214 valence electrons. The van der Waals surface area contributed by atoms with Gasteiger partial charge in [0, 0.05) is 28.7 Å². The van der Waals surface area contributed by atoms with E-state index in [1.807, 2.05) is 30.3 Å². The molecule has 1 atom stereocenters. The summed E-state index contributed by atoms with van der Waals surface area (Å²) in [4.78, 5) is 26.4. The van der Waals surface area contributed by atoms with E-state index in [0.29, 0.717) is 23.1 Å². The van der Waals surface area contributed by atoms with E-state index in [2.05, 4.69) is 10.2 Å². The average Bonchev–Trinajstić information content (AvgIpc) is 2.90. The van der Waals surface area contributed by atoms with Crippen molar-refractivity contribution in [2.24, 2.45) is 5.73 Å². The maximum absolute atomic E-state index is 13.1. The Morgan fingerprint density at radius 1 is 1.07 bits per heavy atom. The molecule has 4 rings (SSSR count). The standard InChI is InChI=1S/C28H27Cl2N5O5S/c1-41(39,40)35(23-11-17(13-31)10-20(12-23)28(38)33-25(16-36)27(32)37)24-14-34(15-24)26(18-2-6-21(29)7-3-18)19-4-8-22(30)9-5-19/h2-12,24-26,36H,14-16H2,1H3,(H2,32,37)(H,33,38). The van der Waals surface area contributed by atoms with E-state index >= 15 is 0 Å². The summed E-state index contributed by atoms with van der Waals surface area (Å²) in [6, 6.07) is 18.7. The van der Waals surface area contributed by atoms with Crippen LogP contribution in [-0.2, 0) is 14.8 Å². The van der Waals surface area contributed by atoms with Gasteiger partial charge in [-0.15, -0.1) is 0 Å². The fourth-order valence-corrected chi connectivity index (χ4v) is 6.22. The SMILES string of the molecule is CS(=O)(=O)N(c1cc(C#N)cc(C(=O)NC(CO)C(N)=O)c1)C1CN(C(c2ccc(Cl)cc2)c2ccc(Cl)cc2)C1. The molecule has 41 heavy (non-hydrogen) atoms. The van der Waals surface area contributed by atoms with Crippen molar-refractivity contribution >= 4 is 50.7 Å². The molecule has 0 spiro atoms. The highest BCUT2D eigenvalue weighted by atomic mass is 35.5. The summed E-state index contributed by atoms with van der Waals surface area (Å²) >= 11 is 12.2. The molecule has 0 bridgehead atoms. The van der Waals surface area contributed by atoms with E-state index in [9.17, 15) is 28.4 Å². The van der Waals surface area contributed by atoms with Crippen LogP contribution >= 0.6 is 23.2 Å². The number of benzene rings is 3. The zero-order valence-electron chi connectivity index (χ0n) is 21.9. The number of nitrogens with one attached hydrogen (secondary N) is 1. The fourth-order valence-electron chi connectivity index (χ4n) is 4.81. The minimum absolute atomic E-state index is 0.0392. The molecule has 0 aliphatic carbocycles. The monoisotopic (exact) mass is 615 g/mol. The van der Waals surface area contributed by atoms with Crippen LogP contribution in [0.25, 0.3) is 0 Å². The van der Waals surface area contributed by atoms with E-state index in [1.165, 1.54) is 22.5 Å². The number of aliphatic hydroxyl groups excluding tert-OH is 1. The number of nitrogens with zero attached hydrogens (tertiary/aromatic N) is 3. The molecule has 10 nitrogen and oxygen atoms in total. The second-order valence-electron chi connectivity index (χ2n) is 9.66. The lowest BCUT2D eigenvalue weighted by Gasteiger charge is -2.48. The Balaban J connectivity index is 1.66. The lowest BCUT2D eigenvalue weighted by Crippen LogP contribution is -2.61. The van der Waals surface area contributed by atoms with Crippen molar-refractivity contribution < 1.29 is 23.1 Å². The van der Waals surface area contributed by atoms with Gasteiger partial charge in [0.1, 0.15) is 6.04 Å². The summed E-state index contributed by atoms with van der Waals surface area (Å²) in [7, 11) is -3.86. The Bertz CT molecular complexity index is 1540. The third-order valence-corrected chi connectivity index (χ3v) is 8.44. The molecule has 1 unspecified atom stereocenters. The molecule has 2 amide bonds. The van der Waals surface area contributed by atoms with Gasteiger partial charge in [-0.25, -0.2) is 8.42 Å². The number of hydrogen-bond acceptors (Lipinski definition) is 7. The Morgan fingerprint density at radius 3 is 2.05 bits per heavy atom. The number of likely N-dealkylation sites (tertiary alicyclic amines) is 1. The lowest BCUT2D eigenvalue weighted by atomic mass is 9.93. The van der Waals surface area contributed by atoms with Crippen LogP contribution in [-0.4, -0.2) is 68.3 Å². The van der Waals surface area contributed by atoms with E-state index in [0.717, 1.165) is 17.4 Å². The number of rotatable bonds is 10. The molecule has 1 aliphatic rings. The van der Waals surface area contributed by atoms with Crippen LogP contribution in [0, 0.1) is 11.3 Å². The predicted octanol–water partition coefficient (Wildman–Crippen LogP) is 2.68. The molecule has 3 aromatic rings. The number of sulfonamides is 1. The quantitative estimate of drug-likeness (QED) is 0.316. The van der Waals surface area contributed by atoms with Crippen LogP contribution in [0.2, 0.25) is 10.0 Å². The molecule has 4 N–H and O–H groups in total. The highest BCUT2D eigenvalue weighted by Gasteiger charge is 2.41. The van der Waals surface area contributed by atoms with E-state index in [4.69, 9.17) is 28.9 Å². The van der Waals surface area contributed by atoms with Crippen molar-refractivity contribution in [1.82, 2.24) is 10.2 Å². The highest BCUT2D eigenvalue weighted by molar-refractivity contribution is 7.92. The zero-order chi connectivity index (χ0) is 29.9. The van der Waals surface area contributed by atoms with E-state index in [1.54, 1.807) is 24.3 Å². The predicted molar refractivity (Wildman–Crippen MR) is 156 cm³/mol. The van der Waals surface area contributed by atoms with Crippen molar-refractivity contribution in [1.29, 1.82) is 5.26 Å². The van der Waals surface area contributed by atoms with Gasteiger partial charge in [-0.1, -0.05) is 47.5 Å². The summed E-state index contributed by atoms with van der Waals surface area (Å²) in [5.74, 6) is -1.74. The molecule has 1 heterocycles. The third-order valence-electron chi connectivity index (χ3n) is 6.71. The van der Waals surface area contributed by atoms with Crippen LogP contribution in [0.1, 0.15) is 33.1 Å². The van der Waals surface area contributed by atoms with Crippen LogP contribution in [0.3, 0.4) is 0 Å². The Labute approximate surface area is 247 Å². The summed E-state index contributed by atoms with van der Waals surface area (Å²) < 4.78 is 27.3. The molecular weight excluding hydrogens is 589 g/mol. The number of nitriles is 1. The van der Waals surface area contributed by atoms with Crippen molar-refractivity contribution in [3.63, 3.8) is 0 Å². The molecule has 13 heteroatoms. The highest BCUT2D eigenvalue weighted by Crippen LogP contribution is 2.37. The van der Waals surface area contributed by atoms with E-state index in [-0.39, 0.29) is 22.9 Å². The molecule has 0 saturated carbocycles. The van der Waals surface area contributed by atoms with Crippen molar-refractivity contribution in [2.45, 2.75) is 18.1 Å². The van der Waals surface area contributed by atoms with Gasteiger partial charge in [0.25, 0.3) is 5.91 Å². The number of carbonyl (C=O) groups excluding carboxylic acids is 2. The maximum atomic E-state index is 13.1. The second-order valence-corrected chi connectivity index (χ2v) is 12.4. The molecule has 0 radical (unpaired) electrons. The summed E-state index contributed by atoms with van der Waals surface area (Å²) in [6.07, 6.45) is 1.05. The first-order valence-corrected chi connectivity index (χ1v) is 15.0. The molecule has 0 aromatic heterocycles. The zero-order valence-corrected chi connectivity index (χ0v) is 24.2. The van der Waals surface area contributed by atoms with Gasteiger partial charge in [-0.3, -0.25) is 18.8 Å². The molecule has 3 aromatic carbocycles. The number of amides is 2. The average molecular weight is 617 g/mol. The van der Waals surface area contributed by atoms with Gasteiger partial charge in [0.2, 0.25) is 15.9 Å². The van der Waals surface area contributed by atoms with E-state index < -0.39 is 40.5 Å². The van der Waals surface area contributed by atoms with Crippen LogP contribution in [0.15, 0.2) is 66.7 Å². The topological polar surface area (TPSA) is 157 Å². The first-order chi connectivity index (χ1) is 19.4. The lowest BCUT2D eigenvalue weighted by molar-refractivity contribution is -0.120. The van der Waals surface area contributed by atoms with Gasteiger partial charge in [0.15, 0.2) is 0 Å². The van der Waals surface area contributed by atoms with Gasteiger partial charge >= 0.3 is 0 Å². The number of anilines is 1. The second kappa shape index (κ2) is 12.5. The Hall–Kier alpha value is -3.66. The Kier molecular flexibility index (Phi) is 9.21. The minimum atomic E-state index is -3.86. The number of carbonyl (C=O) groups is 2. The fraction of sp³-hybridized carbons (Fsp3) is 0.250. The summed E-state index contributed by atoms with van der Waals surface area (Å²) in [5, 5.41) is 22.4. The van der Waals surface area contributed by atoms with Crippen molar-refractivity contribution in [3.8, 4) is 6.07 Å². The third kappa shape index (κ3) is 6.98. The summed E-state index contributed by atoms with van der Waals surface area (Å²) in [6.45, 7) is -0.0349. The van der Waals surface area contributed by atoms with Gasteiger partial charge in [-0.05, 0) is 53.6 Å². The molecule has 1 fully saturated rings. The Morgan fingerprint density at radius 2 is 1.61 bits per heavy atom.